The zero-order chi connectivity index (χ0) is 24.9. The maximum Gasteiger partial charge on any atom is 0.260 e. The number of nitrogens with zero attached hydrogens (tertiary/aromatic N) is 3. The van der Waals surface area contributed by atoms with Crippen LogP contribution in [0.4, 0.5) is 11.4 Å². The number of rotatable bonds is 12. The van der Waals surface area contributed by atoms with Gasteiger partial charge in [-0.3, -0.25) is 14.4 Å². The molecule has 2 rings (SSSR count). The van der Waals surface area contributed by atoms with Crippen molar-refractivity contribution in [2.75, 3.05) is 36.5 Å². The van der Waals surface area contributed by atoms with Gasteiger partial charge in [-0.15, -0.1) is 0 Å². The Hall–Kier alpha value is -3.57. The molecule has 2 aromatic rings. The van der Waals surface area contributed by atoms with Gasteiger partial charge in [-0.25, -0.2) is 0 Å². The SMILES string of the molecule is CCN(CC)C(=O)COc1ccc(NC(=O)CCC(=O)N(CCC#N)c2ccccc2)cc1Cl. The number of hydrogen-bond acceptors (Lipinski definition) is 5. The summed E-state index contributed by atoms with van der Waals surface area (Å²) in [6.45, 7) is 5.12. The Kier molecular flexibility index (Phi) is 10.9. The highest BCUT2D eigenvalue weighted by atomic mass is 35.5. The first-order chi connectivity index (χ1) is 16.4. The molecule has 0 unspecified atom stereocenters. The number of ether oxygens (including phenoxy) is 1. The van der Waals surface area contributed by atoms with Crippen molar-refractivity contribution in [3.05, 3.63) is 53.6 Å². The van der Waals surface area contributed by atoms with Gasteiger partial charge in [-0.2, -0.15) is 5.26 Å². The van der Waals surface area contributed by atoms with E-state index in [9.17, 15) is 14.4 Å². The first kappa shape index (κ1) is 26.7. The van der Waals surface area contributed by atoms with Crippen LogP contribution in [-0.2, 0) is 14.4 Å². The van der Waals surface area contributed by atoms with E-state index in [0.29, 0.717) is 30.2 Å². The molecule has 0 saturated heterocycles. The van der Waals surface area contributed by atoms with Crippen LogP contribution in [0, 0.1) is 11.3 Å². The lowest BCUT2D eigenvalue weighted by molar-refractivity contribution is -0.133. The second-order valence-corrected chi connectivity index (χ2v) is 7.74. The number of anilines is 2. The number of para-hydroxylation sites is 1. The second-order valence-electron chi connectivity index (χ2n) is 7.34. The fourth-order valence-corrected chi connectivity index (χ4v) is 3.48. The van der Waals surface area contributed by atoms with Crippen LogP contribution >= 0.6 is 11.6 Å². The normalized spacial score (nSPS) is 10.2. The minimum atomic E-state index is -0.344. The molecule has 0 aliphatic heterocycles. The molecule has 8 nitrogen and oxygen atoms in total. The molecule has 9 heteroatoms. The first-order valence-corrected chi connectivity index (χ1v) is 11.5. The van der Waals surface area contributed by atoms with Crippen LogP contribution in [0.25, 0.3) is 0 Å². The zero-order valence-electron chi connectivity index (χ0n) is 19.4. The van der Waals surface area contributed by atoms with Crippen molar-refractivity contribution in [2.24, 2.45) is 0 Å². The van der Waals surface area contributed by atoms with Crippen molar-refractivity contribution in [2.45, 2.75) is 33.1 Å². The van der Waals surface area contributed by atoms with Crippen LogP contribution in [-0.4, -0.2) is 48.9 Å². The Balaban J connectivity index is 1.90. The van der Waals surface area contributed by atoms with Crippen LogP contribution in [0.1, 0.15) is 33.1 Å². The van der Waals surface area contributed by atoms with E-state index in [2.05, 4.69) is 5.32 Å². The number of hydrogen-bond donors (Lipinski definition) is 1. The third-order valence-electron chi connectivity index (χ3n) is 5.06. The van der Waals surface area contributed by atoms with Crippen molar-refractivity contribution in [3.63, 3.8) is 0 Å². The van der Waals surface area contributed by atoms with Gasteiger partial charge in [0.2, 0.25) is 11.8 Å². The molecular formula is C25H29ClN4O4. The Morgan fingerprint density at radius 1 is 1.03 bits per heavy atom. The molecule has 0 heterocycles. The molecule has 180 valence electrons. The Bertz CT molecular complexity index is 1020. The molecule has 3 amide bonds. The van der Waals surface area contributed by atoms with Crippen molar-refractivity contribution in [1.29, 1.82) is 5.26 Å². The lowest BCUT2D eigenvalue weighted by Gasteiger charge is -2.21. The summed E-state index contributed by atoms with van der Waals surface area (Å²) >= 11 is 6.24. The lowest BCUT2D eigenvalue weighted by atomic mass is 10.2. The average Bonchev–Trinajstić information content (AvgIpc) is 2.84. The zero-order valence-corrected chi connectivity index (χ0v) is 20.2. The topological polar surface area (TPSA) is 103 Å². The largest absolute Gasteiger partial charge is 0.482 e. The number of likely N-dealkylation sites (N-methyl/N-ethyl adjacent to an activating group) is 1. The number of carbonyl (C=O) groups is 3. The average molecular weight is 485 g/mol. The van der Waals surface area contributed by atoms with Crippen LogP contribution < -0.4 is 15.0 Å². The highest BCUT2D eigenvalue weighted by Crippen LogP contribution is 2.28. The quantitative estimate of drug-likeness (QED) is 0.485. The molecule has 2 aromatic carbocycles. The van der Waals surface area contributed by atoms with Gasteiger partial charge < -0.3 is 19.9 Å². The maximum atomic E-state index is 12.7. The van der Waals surface area contributed by atoms with Gasteiger partial charge in [0.05, 0.1) is 17.5 Å². The smallest absolute Gasteiger partial charge is 0.260 e. The van der Waals surface area contributed by atoms with Gasteiger partial charge in [0, 0.05) is 43.9 Å². The van der Waals surface area contributed by atoms with Crippen LogP contribution in [0.2, 0.25) is 5.02 Å². The van der Waals surface area contributed by atoms with Gasteiger partial charge in [0.15, 0.2) is 6.61 Å². The lowest BCUT2D eigenvalue weighted by Crippen LogP contribution is -2.34. The molecule has 0 radical (unpaired) electrons. The summed E-state index contributed by atoms with van der Waals surface area (Å²) in [5.41, 5.74) is 1.14. The minimum absolute atomic E-state index is 0.00541. The highest BCUT2D eigenvalue weighted by molar-refractivity contribution is 6.32. The molecule has 34 heavy (non-hydrogen) atoms. The van der Waals surface area contributed by atoms with Crippen molar-refractivity contribution in [3.8, 4) is 11.8 Å². The number of amides is 3. The van der Waals surface area contributed by atoms with Gasteiger partial charge in [-0.05, 0) is 44.2 Å². The standard InChI is InChI=1S/C25H29ClN4O4/c1-3-29(4-2)25(33)18-34-22-12-11-19(17-21(22)26)28-23(31)13-14-24(32)30(16-8-15-27)20-9-6-5-7-10-20/h5-7,9-12,17H,3-4,8,13-14,16,18H2,1-2H3,(H,28,31). The van der Waals surface area contributed by atoms with Gasteiger partial charge in [-0.1, -0.05) is 29.8 Å². The third kappa shape index (κ3) is 8.09. The fraction of sp³-hybridized carbons (Fsp3) is 0.360. The Morgan fingerprint density at radius 3 is 2.35 bits per heavy atom. The molecule has 0 bridgehead atoms. The number of nitrogens with one attached hydrogen (secondary N) is 1. The van der Waals surface area contributed by atoms with Gasteiger partial charge in [0.25, 0.3) is 5.91 Å². The molecule has 1 N–H and O–H groups in total. The molecule has 0 aromatic heterocycles. The first-order valence-electron chi connectivity index (χ1n) is 11.1. The number of carbonyl (C=O) groups excluding carboxylic acids is 3. The molecular weight excluding hydrogens is 456 g/mol. The summed E-state index contributed by atoms with van der Waals surface area (Å²) in [6, 6.07) is 15.8. The van der Waals surface area contributed by atoms with E-state index in [1.54, 1.807) is 29.2 Å². The van der Waals surface area contributed by atoms with E-state index in [1.165, 1.54) is 11.0 Å². The predicted octanol–water partition coefficient (Wildman–Crippen LogP) is 4.25. The summed E-state index contributed by atoms with van der Waals surface area (Å²) in [7, 11) is 0. The molecule has 0 aliphatic carbocycles. The van der Waals surface area contributed by atoms with E-state index >= 15 is 0 Å². The summed E-state index contributed by atoms with van der Waals surface area (Å²) in [6.07, 6.45) is 0.164. The van der Waals surface area contributed by atoms with Crippen LogP contribution in [0.5, 0.6) is 5.75 Å². The third-order valence-corrected chi connectivity index (χ3v) is 5.36. The van der Waals surface area contributed by atoms with Crippen molar-refractivity contribution < 1.29 is 19.1 Å². The molecule has 0 aliphatic rings. The molecule has 0 atom stereocenters. The summed E-state index contributed by atoms with van der Waals surface area (Å²) in [4.78, 5) is 40.3. The highest BCUT2D eigenvalue weighted by Gasteiger charge is 2.17. The van der Waals surface area contributed by atoms with E-state index in [4.69, 9.17) is 21.6 Å². The van der Waals surface area contributed by atoms with Crippen LogP contribution in [0.3, 0.4) is 0 Å². The number of nitriles is 1. The second kappa shape index (κ2) is 13.9. The van der Waals surface area contributed by atoms with Crippen LogP contribution in [0.15, 0.2) is 48.5 Å². The van der Waals surface area contributed by atoms with Crippen molar-refractivity contribution >= 4 is 40.7 Å². The minimum Gasteiger partial charge on any atom is -0.482 e. The van der Waals surface area contributed by atoms with E-state index < -0.39 is 0 Å². The van der Waals surface area contributed by atoms with E-state index in [1.807, 2.05) is 38.1 Å². The van der Waals surface area contributed by atoms with Crippen molar-refractivity contribution in [1.82, 2.24) is 4.90 Å². The summed E-state index contributed by atoms with van der Waals surface area (Å²) in [5.74, 6) is -0.381. The Morgan fingerprint density at radius 2 is 1.74 bits per heavy atom. The molecule has 0 fully saturated rings. The number of halogens is 1. The summed E-state index contributed by atoms with van der Waals surface area (Å²) < 4.78 is 5.51. The van der Waals surface area contributed by atoms with Gasteiger partial charge in [0.1, 0.15) is 5.75 Å². The molecule has 0 saturated carbocycles. The van der Waals surface area contributed by atoms with E-state index in [0.717, 1.165) is 0 Å². The maximum absolute atomic E-state index is 12.7. The fourth-order valence-electron chi connectivity index (χ4n) is 3.25. The Labute approximate surface area is 205 Å². The monoisotopic (exact) mass is 484 g/mol. The molecule has 0 spiro atoms. The van der Waals surface area contributed by atoms with Gasteiger partial charge >= 0.3 is 0 Å². The predicted molar refractivity (Wildman–Crippen MR) is 132 cm³/mol. The number of benzene rings is 2. The summed E-state index contributed by atoms with van der Waals surface area (Å²) in [5, 5.41) is 11.9. The van der Waals surface area contributed by atoms with E-state index in [-0.39, 0.29) is 55.2 Å².